The average Bonchev–Trinajstić information content (AvgIpc) is 2.63. The molecule has 0 radical (unpaired) electrons. The van der Waals surface area contributed by atoms with Crippen LogP contribution in [0.25, 0.3) is 0 Å². The van der Waals surface area contributed by atoms with E-state index in [-0.39, 0.29) is 12.1 Å². The van der Waals surface area contributed by atoms with Gasteiger partial charge in [0.05, 0.1) is 13.7 Å². The van der Waals surface area contributed by atoms with Crippen molar-refractivity contribution in [2.75, 3.05) is 72.6 Å². The third-order valence-electron chi connectivity index (χ3n) is 5.37. The second-order valence-corrected chi connectivity index (χ2v) is 8.87. The number of amides is 1. The number of rotatable bonds is 7. The fourth-order valence-corrected chi connectivity index (χ4v) is 3.77. The van der Waals surface area contributed by atoms with Crippen LogP contribution in [0.1, 0.15) is 33.6 Å². The standard InChI is InChI=1S/C20H38N4O4/c1-20(2,3)28-19(26)21-7-10-22-8-5-17(6-9-22)15-23-11-13-24(14-12-23)16-18(25)27-4/h17H,5-16H2,1-4H3,(H,21,26). The number of piperidine rings is 1. The first-order valence-electron chi connectivity index (χ1n) is 10.5. The molecule has 1 amide bonds. The molecule has 8 heteroatoms. The highest BCUT2D eigenvalue weighted by atomic mass is 16.6. The van der Waals surface area contributed by atoms with E-state index in [1.165, 1.54) is 20.0 Å². The number of nitrogens with one attached hydrogen (secondary N) is 1. The molecule has 2 aliphatic rings. The van der Waals surface area contributed by atoms with Gasteiger partial charge in [0.15, 0.2) is 0 Å². The zero-order valence-electron chi connectivity index (χ0n) is 18.0. The van der Waals surface area contributed by atoms with Gasteiger partial charge in [-0.2, -0.15) is 0 Å². The lowest BCUT2D eigenvalue weighted by molar-refractivity contribution is -0.142. The van der Waals surface area contributed by atoms with Crippen LogP contribution in [0.4, 0.5) is 4.79 Å². The molecule has 162 valence electrons. The number of likely N-dealkylation sites (tertiary alicyclic amines) is 1. The highest BCUT2D eigenvalue weighted by molar-refractivity contribution is 5.71. The molecule has 0 aliphatic carbocycles. The lowest BCUT2D eigenvalue weighted by atomic mass is 9.96. The molecule has 0 aromatic carbocycles. The van der Waals surface area contributed by atoms with Crippen molar-refractivity contribution in [3.63, 3.8) is 0 Å². The number of hydrogen-bond acceptors (Lipinski definition) is 7. The van der Waals surface area contributed by atoms with Gasteiger partial charge in [-0.1, -0.05) is 0 Å². The van der Waals surface area contributed by atoms with E-state index in [1.807, 2.05) is 20.8 Å². The summed E-state index contributed by atoms with van der Waals surface area (Å²) in [5, 5.41) is 2.84. The first kappa shape index (κ1) is 22.9. The lowest BCUT2D eigenvalue weighted by Gasteiger charge is -2.38. The molecule has 28 heavy (non-hydrogen) atoms. The molecule has 2 saturated heterocycles. The van der Waals surface area contributed by atoms with Crippen LogP contribution in [0.3, 0.4) is 0 Å². The first-order valence-corrected chi connectivity index (χ1v) is 10.5. The fraction of sp³-hybridized carbons (Fsp3) is 0.900. The van der Waals surface area contributed by atoms with E-state index in [2.05, 4.69) is 20.0 Å². The maximum absolute atomic E-state index is 11.7. The highest BCUT2D eigenvalue weighted by Crippen LogP contribution is 2.19. The Morgan fingerprint density at radius 3 is 2.14 bits per heavy atom. The summed E-state index contributed by atoms with van der Waals surface area (Å²) in [6, 6.07) is 0. The molecule has 2 rings (SSSR count). The molecule has 2 heterocycles. The van der Waals surface area contributed by atoms with Gasteiger partial charge in [0.2, 0.25) is 0 Å². The molecule has 8 nitrogen and oxygen atoms in total. The highest BCUT2D eigenvalue weighted by Gasteiger charge is 2.24. The van der Waals surface area contributed by atoms with Crippen LogP contribution in [0.2, 0.25) is 0 Å². The van der Waals surface area contributed by atoms with E-state index in [4.69, 9.17) is 9.47 Å². The molecule has 0 aromatic rings. The van der Waals surface area contributed by atoms with Gasteiger partial charge in [0.25, 0.3) is 0 Å². The van der Waals surface area contributed by atoms with Crippen molar-refractivity contribution in [1.29, 1.82) is 0 Å². The Hall–Kier alpha value is -1.38. The number of esters is 1. The maximum atomic E-state index is 11.7. The van der Waals surface area contributed by atoms with Crippen LogP contribution in [-0.2, 0) is 14.3 Å². The smallest absolute Gasteiger partial charge is 0.407 e. The van der Waals surface area contributed by atoms with Crippen molar-refractivity contribution < 1.29 is 19.1 Å². The van der Waals surface area contributed by atoms with Crippen molar-refractivity contribution in [2.45, 2.75) is 39.2 Å². The summed E-state index contributed by atoms with van der Waals surface area (Å²) in [5.74, 6) is 0.587. The lowest BCUT2D eigenvalue weighted by Crippen LogP contribution is -2.50. The summed E-state index contributed by atoms with van der Waals surface area (Å²) in [6.45, 7) is 14.8. The van der Waals surface area contributed by atoms with E-state index in [0.717, 1.165) is 58.3 Å². The van der Waals surface area contributed by atoms with Crippen LogP contribution in [0.15, 0.2) is 0 Å². The Labute approximate surface area is 169 Å². The van der Waals surface area contributed by atoms with Gasteiger partial charge in [-0.15, -0.1) is 0 Å². The molecule has 1 N–H and O–H groups in total. The molecule has 0 aromatic heterocycles. The largest absolute Gasteiger partial charge is 0.468 e. The Kier molecular flexibility index (Phi) is 8.98. The molecule has 2 fully saturated rings. The average molecular weight is 399 g/mol. The summed E-state index contributed by atoms with van der Waals surface area (Å²) in [7, 11) is 1.44. The first-order chi connectivity index (χ1) is 13.2. The molecule has 0 saturated carbocycles. The van der Waals surface area contributed by atoms with Gasteiger partial charge in [0, 0.05) is 45.8 Å². The van der Waals surface area contributed by atoms with Gasteiger partial charge in [-0.05, 0) is 52.6 Å². The number of carbonyl (C=O) groups excluding carboxylic acids is 2. The quantitative estimate of drug-likeness (QED) is 0.642. The molecule has 0 spiro atoms. The van der Waals surface area contributed by atoms with Crippen LogP contribution in [0, 0.1) is 5.92 Å². The predicted molar refractivity (Wildman–Crippen MR) is 108 cm³/mol. The number of hydrogen-bond donors (Lipinski definition) is 1. The van der Waals surface area contributed by atoms with Crippen molar-refractivity contribution in [3.05, 3.63) is 0 Å². The third kappa shape index (κ3) is 8.75. The second kappa shape index (κ2) is 11.0. The van der Waals surface area contributed by atoms with E-state index >= 15 is 0 Å². The summed E-state index contributed by atoms with van der Waals surface area (Å²) >= 11 is 0. The fourth-order valence-electron chi connectivity index (χ4n) is 3.77. The van der Waals surface area contributed by atoms with E-state index in [0.29, 0.717) is 13.1 Å². The second-order valence-electron chi connectivity index (χ2n) is 8.87. The zero-order chi connectivity index (χ0) is 20.6. The van der Waals surface area contributed by atoms with E-state index in [1.54, 1.807) is 0 Å². The molecule has 0 bridgehead atoms. The van der Waals surface area contributed by atoms with Crippen LogP contribution in [-0.4, -0.2) is 105 Å². The minimum absolute atomic E-state index is 0.151. The SMILES string of the molecule is COC(=O)CN1CCN(CC2CCN(CCNC(=O)OC(C)(C)C)CC2)CC1. The Balaban J connectivity index is 1.55. The Morgan fingerprint density at radius 2 is 1.57 bits per heavy atom. The number of carbonyl (C=O) groups is 2. The molecule has 0 unspecified atom stereocenters. The van der Waals surface area contributed by atoms with Gasteiger partial charge < -0.3 is 24.6 Å². The Bertz CT molecular complexity index is 493. The normalized spacial score (nSPS) is 20.7. The summed E-state index contributed by atoms with van der Waals surface area (Å²) in [6.07, 6.45) is 2.07. The minimum Gasteiger partial charge on any atom is -0.468 e. The van der Waals surface area contributed by atoms with Crippen molar-refractivity contribution in [2.24, 2.45) is 5.92 Å². The minimum atomic E-state index is -0.451. The third-order valence-corrected chi connectivity index (χ3v) is 5.37. The molecule has 2 aliphatic heterocycles. The summed E-state index contributed by atoms with van der Waals surface area (Å²) in [4.78, 5) is 30.2. The van der Waals surface area contributed by atoms with E-state index in [9.17, 15) is 9.59 Å². The van der Waals surface area contributed by atoms with Gasteiger partial charge in [-0.25, -0.2) is 4.79 Å². The van der Waals surface area contributed by atoms with Crippen LogP contribution < -0.4 is 5.32 Å². The van der Waals surface area contributed by atoms with Crippen molar-refractivity contribution >= 4 is 12.1 Å². The van der Waals surface area contributed by atoms with Crippen LogP contribution >= 0.6 is 0 Å². The van der Waals surface area contributed by atoms with Crippen molar-refractivity contribution in [3.8, 4) is 0 Å². The van der Waals surface area contributed by atoms with E-state index < -0.39 is 5.60 Å². The van der Waals surface area contributed by atoms with Crippen LogP contribution in [0.5, 0.6) is 0 Å². The molecular weight excluding hydrogens is 360 g/mol. The number of nitrogens with zero attached hydrogens (tertiary/aromatic N) is 3. The number of alkyl carbamates (subject to hydrolysis) is 1. The van der Waals surface area contributed by atoms with Crippen molar-refractivity contribution in [1.82, 2.24) is 20.0 Å². The zero-order valence-corrected chi connectivity index (χ0v) is 18.0. The van der Waals surface area contributed by atoms with Gasteiger partial charge in [0.1, 0.15) is 5.60 Å². The van der Waals surface area contributed by atoms with Gasteiger partial charge in [-0.3, -0.25) is 9.69 Å². The monoisotopic (exact) mass is 398 g/mol. The van der Waals surface area contributed by atoms with Gasteiger partial charge >= 0.3 is 12.1 Å². The summed E-state index contributed by atoms with van der Waals surface area (Å²) < 4.78 is 10.0. The molecular formula is C20H38N4O4. The number of piperazine rings is 1. The predicted octanol–water partition coefficient (Wildman–Crippen LogP) is 1.01. The Morgan fingerprint density at radius 1 is 0.964 bits per heavy atom. The summed E-state index contributed by atoms with van der Waals surface area (Å²) in [5.41, 5.74) is -0.451. The topological polar surface area (TPSA) is 74.4 Å². The number of methoxy groups -OCH3 is 1. The number of ether oxygens (including phenoxy) is 2. The molecule has 0 atom stereocenters. The maximum Gasteiger partial charge on any atom is 0.407 e.